The van der Waals surface area contributed by atoms with Gasteiger partial charge in [0.1, 0.15) is 4.90 Å². The van der Waals surface area contributed by atoms with Gasteiger partial charge in [0, 0.05) is 18.8 Å². The van der Waals surface area contributed by atoms with Crippen LogP contribution in [0.15, 0.2) is 53.4 Å². The maximum Gasteiger partial charge on any atom is 0.338 e. The molecule has 2 aromatic rings. The van der Waals surface area contributed by atoms with Gasteiger partial charge in [0.15, 0.2) is 6.10 Å². The van der Waals surface area contributed by atoms with Crippen LogP contribution in [0.25, 0.3) is 0 Å². The zero-order valence-electron chi connectivity index (χ0n) is 16.4. The van der Waals surface area contributed by atoms with Crippen molar-refractivity contribution in [1.29, 1.82) is 0 Å². The molecule has 29 heavy (non-hydrogen) atoms. The minimum atomic E-state index is -3.86. The molecule has 0 spiro atoms. The lowest BCUT2D eigenvalue weighted by Crippen LogP contribution is -2.31. The molecular weight excluding hydrogens is 416 g/mol. The molecule has 0 fully saturated rings. The molecule has 0 saturated heterocycles. The Hall–Kier alpha value is -2.42. The fourth-order valence-electron chi connectivity index (χ4n) is 2.58. The van der Waals surface area contributed by atoms with E-state index in [4.69, 9.17) is 16.3 Å². The maximum atomic E-state index is 12.7. The SMILES string of the molecule is CCN(CC)S(=O)(=O)c1cc(C(=O)OC(C)C(=O)Nc2ccccc2)ccc1Cl. The molecule has 0 aliphatic rings. The quantitative estimate of drug-likeness (QED) is 0.636. The number of esters is 1. The number of carbonyl (C=O) groups excluding carboxylic acids is 2. The molecule has 1 N–H and O–H groups in total. The lowest BCUT2D eigenvalue weighted by molar-refractivity contribution is -0.123. The molecule has 0 aromatic heterocycles. The highest BCUT2D eigenvalue weighted by atomic mass is 35.5. The third kappa shape index (κ3) is 5.56. The van der Waals surface area contributed by atoms with Crippen molar-refractivity contribution in [1.82, 2.24) is 4.31 Å². The molecule has 0 saturated carbocycles. The fourth-order valence-corrected chi connectivity index (χ4v) is 4.54. The molecule has 1 amide bonds. The molecule has 2 rings (SSSR count). The van der Waals surface area contributed by atoms with E-state index in [1.54, 1.807) is 38.1 Å². The average Bonchev–Trinajstić information content (AvgIpc) is 2.69. The van der Waals surface area contributed by atoms with Crippen LogP contribution in [0.4, 0.5) is 5.69 Å². The molecule has 2 aromatic carbocycles. The Labute approximate surface area is 175 Å². The van der Waals surface area contributed by atoms with Gasteiger partial charge >= 0.3 is 5.97 Å². The highest BCUT2D eigenvalue weighted by molar-refractivity contribution is 7.89. The van der Waals surface area contributed by atoms with Crippen LogP contribution in [0.1, 0.15) is 31.1 Å². The number of nitrogens with zero attached hydrogens (tertiary/aromatic N) is 1. The third-order valence-electron chi connectivity index (χ3n) is 4.18. The normalized spacial score (nSPS) is 12.4. The Morgan fingerprint density at radius 1 is 1.10 bits per heavy atom. The number of nitrogens with one attached hydrogen (secondary N) is 1. The lowest BCUT2D eigenvalue weighted by atomic mass is 10.2. The molecule has 1 unspecified atom stereocenters. The van der Waals surface area contributed by atoms with Gasteiger partial charge in [0.05, 0.1) is 10.6 Å². The molecule has 9 heteroatoms. The van der Waals surface area contributed by atoms with E-state index in [-0.39, 0.29) is 28.6 Å². The first-order valence-electron chi connectivity index (χ1n) is 9.07. The first-order valence-corrected chi connectivity index (χ1v) is 10.9. The summed E-state index contributed by atoms with van der Waals surface area (Å²) in [6.07, 6.45) is -1.08. The minimum Gasteiger partial charge on any atom is -0.449 e. The van der Waals surface area contributed by atoms with Gasteiger partial charge in [-0.25, -0.2) is 13.2 Å². The van der Waals surface area contributed by atoms with Crippen molar-refractivity contribution < 1.29 is 22.7 Å². The topological polar surface area (TPSA) is 92.8 Å². The Bertz CT molecular complexity index is 976. The molecule has 0 aliphatic carbocycles. The summed E-state index contributed by atoms with van der Waals surface area (Å²) < 4.78 is 31.9. The number of rotatable bonds is 8. The van der Waals surface area contributed by atoms with E-state index in [0.29, 0.717) is 5.69 Å². The number of carbonyl (C=O) groups is 2. The zero-order chi connectivity index (χ0) is 21.6. The number of hydrogen-bond acceptors (Lipinski definition) is 5. The Balaban J connectivity index is 2.18. The molecule has 7 nitrogen and oxygen atoms in total. The van der Waals surface area contributed by atoms with Crippen molar-refractivity contribution in [2.75, 3.05) is 18.4 Å². The van der Waals surface area contributed by atoms with Crippen molar-refractivity contribution in [3.63, 3.8) is 0 Å². The first kappa shape index (κ1) is 22.9. The Morgan fingerprint density at radius 3 is 2.31 bits per heavy atom. The molecular formula is C20H23ClN2O5S. The van der Waals surface area contributed by atoms with Gasteiger partial charge in [-0.2, -0.15) is 4.31 Å². The number of amides is 1. The molecule has 0 radical (unpaired) electrons. The number of ether oxygens (including phenoxy) is 1. The minimum absolute atomic E-state index is 0.00307. The number of hydrogen-bond donors (Lipinski definition) is 1. The van der Waals surface area contributed by atoms with Crippen LogP contribution < -0.4 is 5.32 Å². The Morgan fingerprint density at radius 2 is 1.72 bits per heavy atom. The predicted molar refractivity (Wildman–Crippen MR) is 112 cm³/mol. The van der Waals surface area contributed by atoms with Crippen LogP contribution >= 0.6 is 11.6 Å². The molecule has 1 atom stereocenters. The van der Waals surface area contributed by atoms with Crippen LogP contribution in [0.5, 0.6) is 0 Å². The summed E-state index contributed by atoms with van der Waals surface area (Å²) >= 11 is 6.07. The number of anilines is 1. The van der Waals surface area contributed by atoms with E-state index in [0.717, 1.165) is 0 Å². The van der Waals surface area contributed by atoms with Crippen LogP contribution in [0, 0.1) is 0 Å². The van der Waals surface area contributed by atoms with Crippen molar-refractivity contribution in [2.24, 2.45) is 0 Å². The lowest BCUT2D eigenvalue weighted by Gasteiger charge is -2.19. The van der Waals surface area contributed by atoms with E-state index < -0.39 is 28.0 Å². The third-order valence-corrected chi connectivity index (χ3v) is 6.72. The van der Waals surface area contributed by atoms with Crippen molar-refractivity contribution >= 4 is 39.2 Å². The first-order chi connectivity index (χ1) is 13.7. The van der Waals surface area contributed by atoms with Gasteiger partial charge in [-0.1, -0.05) is 43.6 Å². The summed E-state index contributed by atoms with van der Waals surface area (Å²) in [7, 11) is -3.86. The van der Waals surface area contributed by atoms with Gasteiger partial charge in [-0.05, 0) is 37.3 Å². The van der Waals surface area contributed by atoms with Crippen LogP contribution in [0.3, 0.4) is 0 Å². The van der Waals surface area contributed by atoms with E-state index in [1.165, 1.54) is 29.4 Å². The number of benzene rings is 2. The summed E-state index contributed by atoms with van der Waals surface area (Å²) in [4.78, 5) is 24.5. The number of para-hydroxylation sites is 1. The highest BCUT2D eigenvalue weighted by Gasteiger charge is 2.27. The number of halogens is 1. The van der Waals surface area contributed by atoms with E-state index in [2.05, 4.69) is 5.32 Å². The second-order valence-corrected chi connectivity index (χ2v) is 8.45. The van der Waals surface area contributed by atoms with Gasteiger partial charge < -0.3 is 10.1 Å². The largest absolute Gasteiger partial charge is 0.449 e. The van der Waals surface area contributed by atoms with Crippen molar-refractivity contribution in [3.05, 3.63) is 59.1 Å². The zero-order valence-corrected chi connectivity index (χ0v) is 18.0. The molecule has 0 bridgehead atoms. The van der Waals surface area contributed by atoms with Gasteiger partial charge in [0.25, 0.3) is 5.91 Å². The monoisotopic (exact) mass is 438 g/mol. The second kappa shape index (κ2) is 9.87. The standard InChI is InChI=1S/C20H23ClN2O5S/c1-4-23(5-2)29(26,27)18-13-15(11-12-17(18)21)20(25)28-14(3)19(24)22-16-9-7-6-8-10-16/h6-14H,4-5H2,1-3H3,(H,22,24). The molecule has 0 aliphatic heterocycles. The van der Waals surface area contributed by atoms with E-state index in [9.17, 15) is 18.0 Å². The van der Waals surface area contributed by atoms with Crippen LogP contribution in [-0.4, -0.2) is 43.8 Å². The van der Waals surface area contributed by atoms with Crippen LogP contribution in [-0.2, 0) is 19.6 Å². The molecule has 156 valence electrons. The summed E-state index contributed by atoms with van der Waals surface area (Å²) in [5, 5.41) is 2.64. The van der Waals surface area contributed by atoms with E-state index >= 15 is 0 Å². The van der Waals surface area contributed by atoms with Gasteiger partial charge in [-0.15, -0.1) is 0 Å². The van der Waals surface area contributed by atoms with Crippen molar-refractivity contribution in [2.45, 2.75) is 31.8 Å². The van der Waals surface area contributed by atoms with Gasteiger partial charge in [0.2, 0.25) is 10.0 Å². The summed E-state index contributed by atoms with van der Waals surface area (Å²) in [6, 6.07) is 12.6. The van der Waals surface area contributed by atoms with E-state index in [1.807, 2.05) is 6.07 Å². The van der Waals surface area contributed by atoms with Crippen molar-refractivity contribution in [3.8, 4) is 0 Å². The summed E-state index contributed by atoms with van der Waals surface area (Å²) in [6.45, 7) is 5.38. The average molecular weight is 439 g/mol. The Kier molecular flexibility index (Phi) is 7.78. The predicted octanol–water partition coefficient (Wildman–Crippen LogP) is 3.55. The maximum absolute atomic E-state index is 12.7. The van der Waals surface area contributed by atoms with Gasteiger partial charge in [-0.3, -0.25) is 4.79 Å². The summed E-state index contributed by atoms with van der Waals surface area (Å²) in [5.41, 5.74) is 0.555. The fraction of sp³-hybridized carbons (Fsp3) is 0.300. The second-order valence-electron chi connectivity index (χ2n) is 6.14. The number of sulfonamides is 1. The smallest absolute Gasteiger partial charge is 0.338 e. The molecule has 0 heterocycles. The van der Waals surface area contributed by atoms with Crippen LogP contribution in [0.2, 0.25) is 5.02 Å². The summed E-state index contributed by atoms with van der Waals surface area (Å²) in [5.74, 6) is -1.33. The highest BCUT2D eigenvalue weighted by Crippen LogP contribution is 2.26.